The van der Waals surface area contributed by atoms with E-state index in [2.05, 4.69) is 14.8 Å². The summed E-state index contributed by atoms with van der Waals surface area (Å²) in [6.07, 6.45) is 1.70. The third-order valence-corrected chi connectivity index (χ3v) is 5.44. The molecule has 0 aromatic heterocycles. The van der Waals surface area contributed by atoms with E-state index in [1.54, 1.807) is 0 Å². The lowest BCUT2D eigenvalue weighted by Crippen LogP contribution is -2.51. The molecular formula is C15H22N2O5S. The smallest absolute Gasteiger partial charge is 0.341 e. The number of nitrogens with one attached hydrogen (secondary N) is 2. The Bertz CT molecular complexity index is 674. The Hall–Kier alpha value is -1.64. The number of ether oxygens (including phenoxy) is 2. The van der Waals surface area contributed by atoms with Crippen molar-refractivity contribution in [3.05, 3.63) is 23.8 Å². The van der Waals surface area contributed by atoms with E-state index < -0.39 is 16.0 Å². The molecule has 0 radical (unpaired) electrons. The fourth-order valence-electron chi connectivity index (χ4n) is 2.59. The predicted octanol–water partition coefficient (Wildman–Crippen LogP) is 0.901. The number of sulfonamides is 1. The molecule has 0 aliphatic carbocycles. The van der Waals surface area contributed by atoms with Crippen LogP contribution in [0.2, 0.25) is 0 Å². The van der Waals surface area contributed by atoms with Crippen LogP contribution in [0.3, 0.4) is 0 Å². The van der Waals surface area contributed by atoms with Gasteiger partial charge in [-0.05, 0) is 38.4 Å². The lowest BCUT2D eigenvalue weighted by molar-refractivity contribution is 0.0597. The van der Waals surface area contributed by atoms with Gasteiger partial charge in [-0.1, -0.05) is 0 Å². The lowest BCUT2D eigenvalue weighted by atomic mass is 10.0. The summed E-state index contributed by atoms with van der Waals surface area (Å²) in [4.78, 5) is 11.7. The number of methoxy groups -OCH3 is 2. The van der Waals surface area contributed by atoms with Crippen LogP contribution >= 0.6 is 0 Å². The van der Waals surface area contributed by atoms with Gasteiger partial charge in [0.15, 0.2) is 0 Å². The van der Waals surface area contributed by atoms with Gasteiger partial charge in [0.05, 0.1) is 19.1 Å². The van der Waals surface area contributed by atoms with Crippen LogP contribution in [0.25, 0.3) is 0 Å². The van der Waals surface area contributed by atoms with Gasteiger partial charge in [-0.3, -0.25) is 0 Å². The van der Waals surface area contributed by atoms with E-state index in [4.69, 9.17) is 4.74 Å². The van der Waals surface area contributed by atoms with Crippen LogP contribution in [0.5, 0.6) is 5.75 Å². The van der Waals surface area contributed by atoms with Crippen molar-refractivity contribution in [2.75, 3.05) is 20.8 Å². The summed E-state index contributed by atoms with van der Waals surface area (Å²) in [6, 6.07) is 3.99. The Kier molecular flexibility index (Phi) is 5.61. The normalized spacial score (nSPS) is 21.7. The third-order valence-electron chi connectivity index (χ3n) is 3.96. The maximum Gasteiger partial charge on any atom is 0.341 e. The first-order valence-corrected chi connectivity index (χ1v) is 8.89. The van der Waals surface area contributed by atoms with Crippen LogP contribution < -0.4 is 14.8 Å². The first kappa shape index (κ1) is 17.7. The number of carbonyl (C=O) groups excluding carboxylic acids is 1. The summed E-state index contributed by atoms with van der Waals surface area (Å²) in [5.41, 5.74) is 0.182. The van der Waals surface area contributed by atoms with E-state index in [9.17, 15) is 13.2 Å². The predicted molar refractivity (Wildman–Crippen MR) is 85.1 cm³/mol. The van der Waals surface area contributed by atoms with Gasteiger partial charge in [-0.25, -0.2) is 17.9 Å². The third kappa shape index (κ3) is 4.01. The molecule has 2 unspecified atom stereocenters. The fraction of sp³-hybridized carbons (Fsp3) is 0.533. The number of hydrogen-bond acceptors (Lipinski definition) is 6. The van der Waals surface area contributed by atoms with Crippen LogP contribution in [0, 0.1) is 0 Å². The molecule has 0 saturated carbocycles. The molecule has 1 aliphatic rings. The maximum absolute atomic E-state index is 12.6. The Morgan fingerprint density at radius 2 is 2.09 bits per heavy atom. The average Bonchev–Trinajstić information content (AvgIpc) is 2.55. The molecule has 2 atom stereocenters. The van der Waals surface area contributed by atoms with E-state index in [-0.39, 0.29) is 28.3 Å². The molecule has 0 spiro atoms. The summed E-state index contributed by atoms with van der Waals surface area (Å²) in [5.74, 6) is -0.418. The number of benzene rings is 1. The number of hydrogen-bond donors (Lipinski definition) is 2. The molecule has 1 heterocycles. The van der Waals surface area contributed by atoms with Crippen molar-refractivity contribution in [2.24, 2.45) is 0 Å². The summed E-state index contributed by atoms with van der Waals surface area (Å²) < 4.78 is 37.6. The Balaban J connectivity index is 2.27. The van der Waals surface area contributed by atoms with Gasteiger partial charge in [0.2, 0.25) is 10.0 Å². The van der Waals surface area contributed by atoms with E-state index in [1.165, 1.54) is 32.4 Å². The Morgan fingerprint density at radius 3 is 2.70 bits per heavy atom. The molecule has 0 bridgehead atoms. The Morgan fingerprint density at radius 1 is 1.35 bits per heavy atom. The molecule has 128 valence electrons. The SMILES string of the molecule is COC(=O)c1ccc(S(=O)(=O)NC2CCCNC2C)cc1OC. The minimum atomic E-state index is -3.70. The van der Waals surface area contributed by atoms with Gasteiger partial charge in [-0.15, -0.1) is 0 Å². The second-order valence-electron chi connectivity index (χ2n) is 5.47. The van der Waals surface area contributed by atoms with E-state index in [1.807, 2.05) is 6.92 Å². The molecule has 1 aromatic rings. The van der Waals surface area contributed by atoms with Gasteiger partial charge in [0.1, 0.15) is 11.3 Å². The minimum Gasteiger partial charge on any atom is -0.496 e. The first-order chi connectivity index (χ1) is 10.9. The van der Waals surface area contributed by atoms with Crippen LogP contribution in [0.15, 0.2) is 23.1 Å². The van der Waals surface area contributed by atoms with Crippen LogP contribution in [0.1, 0.15) is 30.1 Å². The highest BCUT2D eigenvalue weighted by molar-refractivity contribution is 7.89. The van der Waals surface area contributed by atoms with E-state index in [0.29, 0.717) is 0 Å². The zero-order valence-corrected chi connectivity index (χ0v) is 14.3. The van der Waals surface area contributed by atoms with Crippen molar-refractivity contribution < 1.29 is 22.7 Å². The average molecular weight is 342 g/mol. The van der Waals surface area contributed by atoms with Gasteiger partial charge in [0, 0.05) is 18.2 Å². The summed E-state index contributed by atoms with van der Waals surface area (Å²) >= 11 is 0. The van der Waals surface area contributed by atoms with Crippen molar-refractivity contribution >= 4 is 16.0 Å². The molecular weight excluding hydrogens is 320 g/mol. The molecule has 8 heteroatoms. The lowest BCUT2D eigenvalue weighted by Gasteiger charge is -2.30. The summed E-state index contributed by atoms with van der Waals surface area (Å²) in [7, 11) is -1.07. The molecule has 7 nitrogen and oxygen atoms in total. The van der Waals surface area contributed by atoms with Crippen molar-refractivity contribution in [1.29, 1.82) is 0 Å². The molecule has 1 fully saturated rings. The van der Waals surface area contributed by atoms with Crippen molar-refractivity contribution in [2.45, 2.75) is 36.7 Å². The number of piperidine rings is 1. The Labute approximate surface area is 136 Å². The molecule has 1 saturated heterocycles. The first-order valence-electron chi connectivity index (χ1n) is 7.41. The molecule has 0 amide bonds. The van der Waals surface area contributed by atoms with Crippen molar-refractivity contribution in [3.63, 3.8) is 0 Å². The molecule has 2 N–H and O–H groups in total. The minimum absolute atomic E-state index is 0.0553. The molecule has 1 aromatic carbocycles. The highest BCUT2D eigenvalue weighted by atomic mass is 32.2. The molecule has 1 aliphatic heterocycles. The van der Waals surface area contributed by atoms with Gasteiger partial charge < -0.3 is 14.8 Å². The zero-order chi connectivity index (χ0) is 17.0. The van der Waals surface area contributed by atoms with Gasteiger partial charge >= 0.3 is 5.97 Å². The van der Waals surface area contributed by atoms with Crippen LogP contribution in [-0.2, 0) is 14.8 Å². The summed E-state index contributed by atoms with van der Waals surface area (Å²) in [6.45, 7) is 2.84. The zero-order valence-electron chi connectivity index (χ0n) is 13.5. The van der Waals surface area contributed by atoms with Crippen molar-refractivity contribution in [3.8, 4) is 5.75 Å². The second kappa shape index (κ2) is 7.29. The maximum atomic E-state index is 12.6. The molecule has 2 rings (SSSR count). The number of carbonyl (C=O) groups is 1. The van der Waals surface area contributed by atoms with E-state index >= 15 is 0 Å². The van der Waals surface area contributed by atoms with Gasteiger partial charge in [-0.2, -0.15) is 0 Å². The highest BCUT2D eigenvalue weighted by Crippen LogP contribution is 2.24. The number of rotatable bonds is 5. The molecule has 23 heavy (non-hydrogen) atoms. The largest absolute Gasteiger partial charge is 0.496 e. The standard InChI is InChI=1S/C15H22N2O5S/c1-10-13(5-4-8-16-10)17-23(19,20)11-6-7-12(15(18)22-3)14(9-11)21-2/h6-7,9-10,13,16-17H,4-5,8H2,1-3H3. The second-order valence-corrected chi connectivity index (χ2v) is 7.18. The van der Waals surface area contributed by atoms with Crippen LogP contribution in [0.4, 0.5) is 0 Å². The van der Waals surface area contributed by atoms with Crippen molar-refractivity contribution in [1.82, 2.24) is 10.0 Å². The fourth-order valence-corrected chi connectivity index (χ4v) is 3.96. The van der Waals surface area contributed by atoms with Gasteiger partial charge in [0.25, 0.3) is 0 Å². The number of esters is 1. The topological polar surface area (TPSA) is 93.7 Å². The highest BCUT2D eigenvalue weighted by Gasteiger charge is 2.27. The van der Waals surface area contributed by atoms with Crippen LogP contribution in [-0.4, -0.2) is 47.2 Å². The monoisotopic (exact) mass is 342 g/mol. The van der Waals surface area contributed by atoms with E-state index in [0.717, 1.165) is 19.4 Å². The quantitative estimate of drug-likeness (QED) is 0.772. The summed E-state index contributed by atoms with van der Waals surface area (Å²) in [5, 5.41) is 3.25.